The lowest BCUT2D eigenvalue weighted by Crippen LogP contribution is -1.97. The zero-order valence-electron chi connectivity index (χ0n) is 21.9. The van der Waals surface area contributed by atoms with Crippen molar-refractivity contribution < 1.29 is 4.42 Å². The van der Waals surface area contributed by atoms with Crippen molar-refractivity contribution in [1.29, 1.82) is 0 Å². The lowest BCUT2D eigenvalue weighted by Gasteiger charge is -2.15. The first kappa shape index (κ1) is 22.6. The van der Waals surface area contributed by atoms with E-state index in [2.05, 4.69) is 114 Å². The molecule has 0 aliphatic heterocycles. The molecule has 0 radical (unpaired) electrons. The minimum Gasteiger partial charge on any atom is -0.436 e. The fourth-order valence-electron chi connectivity index (χ4n) is 6.20. The van der Waals surface area contributed by atoms with E-state index in [4.69, 9.17) is 9.40 Å². The van der Waals surface area contributed by atoms with Crippen LogP contribution >= 0.6 is 11.3 Å². The Labute approximate surface area is 239 Å². The molecule has 4 heteroatoms. The second kappa shape index (κ2) is 8.65. The molecule has 9 aromatic rings. The molecular weight excluding hydrogens is 520 g/mol. The van der Waals surface area contributed by atoms with Crippen molar-refractivity contribution in [2.45, 2.75) is 0 Å². The highest BCUT2D eigenvalue weighted by Gasteiger charge is 2.20. The summed E-state index contributed by atoms with van der Waals surface area (Å²) in [4.78, 5) is 4.72. The summed E-state index contributed by atoms with van der Waals surface area (Å²) in [5.74, 6) is 0.639. The summed E-state index contributed by atoms with van der Waals surface area (Å²) >= 11 is 1.86. The number of nitrogens with zero attached hydrogens (tertiary/aromatic N) is 2. The normalized spacial score (nSPS) is 11.9. The number of hydrogen-bond donors (Lipinski definition) is 0. The van der Waals surface area contributed by atoms with Crippen molar-refractivity contribution in [2.75, 3.05) is 0 Å². The fourth-order valence-corrected chi connectivity index (χ4v) is 7.47. The van der Waals surface area contributed by atoms with Gasteiger partial charge in [0.25, 0.3) is 0 Å². The Morgan fingerprint density at radius 1 is 0.537 bits per heavy atom. The zero-order valence-corrected chi connectivity index (χ0v) is 22.7. The minimum atomic E-state index is 0.639. The number of thiophene rings is 1. The lowest BCUT2D eigenvalue weighted by molar-refractivity contribution is 0.620. The first-order chi connectivity index (χ1) is 20.3. The van der Waals surface area contributed by atoms with Crippen LogP contribution in [-0.2, 0) is 0 Å². The first-order valence-corrected chi connectivity index (χ1v) is 14.5. The van der Waals surface area contributed by atoms with E-state index in [9.17, 15) is 0 Å². The molecule has 0 amide bonds. The molecule has 3 aromatic heterocycles. The van der Waals surface area contributed by atoms with Crippen molar-refractivity contribution in [3.63, 3.8) is 0 Å². The van der Waals surface area contributed by atoms with Crippen LogP contribution in [0, 0.1) is 0 Å². The van der Waals surface area contributed by atoms with E-state index in [-0.39, 0.29) is 0 Å². The maximum atomic E-state index is 6.08. The molecule has 3 heterocycles. The minimum absolute atomic E-state index is 0.639. The molecule has 0 atom stereocenters. The zero-order chi connectivity index (χ0) is 26.9. The van der Waals surface area contributed by atoms with E-state index < -0.39 is 0 Å². The Morgan fingerprint density at radius 3 is 1.93 bits per heavy atom. The average Bonchev–Trinajstić information content (AvgIpc) is 3.72. The summed E-state index contributed by atoms with van der Waals surface area (Å²) in [7, 11) is 0. The van der Waals surface area contributed by atoms with Crippen LogP contribution in [0.2, 0.25) is 0 Å². The van der Waals surface area contributed by atoms with Crippen LogP contribution in [0.4, 0.5) is 0 Å². The largest absolute Gasteiger partial charge is 0.436 e. The second-order valence-corrected chi connectivity index (χ2v) is 11.4. The summed E-state index contributed by atoms with van der Waals surface area (Å²) in [6, 6.07) is 47.3. The van der Waals surface area contributed by atoms with Gasteiger partial charge in [-0.2, -0.15) is 0 Å². The molecule has 0 N–H and O–H groups in total. The molecule has 9 rings (SSSR count). The van der Waals surface area contributed by atoms with Gasteiger partial charge < -0.3 is 8.98 Å². The highest BCUT2D eigenvalue weighted by Crippen LogP contribution is 2.45. The smallest absolute Gasteiger partial charge is 0.227 e. The molecule has 41 heavy (non-hydrogen) atoms. The van der Waals surface area contributed by atoms with Gasteiger partial charge >= 0.3 is 0 Å². The maximum Gasteiger partial charge on any atom is 0.227 e. The number of aromatic nitrogens is 2. The Balaban J connectivity index is 1.33. The number of hydrogen-bond acceptors (Lipinski definition) is 3. The molecule has 192 valence electrons. The monoisotopic (exact) mass is 542 g/mol. The van der Waals surface area contributed by atoms with Crippen LogP contribution in [0.5, 0.6) is 0 Å². The van der Waals surface area contributed by atoms with E-state index >= 15 is 0 Å². The number of benzene rings is 6. The van der Waals surface area contributed by atoms with Crippen LogP contribution in [-0.4, -0.2) is 9.55 Å². The number of para-hydroxylation sites is 4. The summed E-state index contributed by atoms with van der Waals surface area (Å²) in [6.45, 7) is 0. The first-order valence-electron chi connectivity index (χ1n) is 13.7. The molecule has 0 saturated carbocycles. The molecule has 6 aromatic carbocycles. The van der Waals surface area contributed by atoms with Gasteiger partial charge in [0.15, 0.2) is 5.58 Å². The van der Waals surface area contributed by atoms with Gasteiger partial charge in [-0.25, -0.2) is 4.98 Å². The highest BCUT2D eigenvalue weighted by atomic mass is 32.1. The molecule has 0 saturated heterocycles. The SMILES string of the molecule is c1ccc2oc(-c3ccc(-c4c(-n5c6ccccc6c6ccccc65)ccc5c4sc4ccccc45)cc3)nc2c1. The van der Waals surface area contributed by atoms with Crippen molar-refractivity contribution >= 4 is 64.4 Å². The van der Waals surface area contributed by atoms with Gasteiger partial charge in [0.2, 0.25) is 5.89 Å². The summed E-state index contributed by atoms with van der Waals surface area (Å²) < 4.78 is 11.1. The van der Waals surface area contributed by atoms with E-state index in [1.807, 2.05) is 35.6 Å². The second-order valence-electron chi connectivity index (χ2n) is 10.4. The van der Waals surface area contributed by atoms with Crippen LogP contribution < -0.4 is 0 Å². The van der Waals surface area contributed by atoms with Gasteiger partial charge in [0.05, 0.1) is 16.7 Å². The summed E-state index contributed by atoms with van der Waals surface area (Å²) in [5.41, 5.74) is 8.63. The molecule has 0 aliphatic rings. The van der Waals surface area contributed by atoms with Crippen molar-refractivity contribution in [3.8, 4) is 28.3 Å². The summed E-state index contributed by atoms with van der Waals surface area (Å²) in [6.07, 6.45) is 0. The Kier molecular flexibility index (Phi) is 4.77. The molecule has 3 nitrogen and oxygen atoms in total. The number of oxazole rings is 1. The maximum absolute atomic E-state index is 6.08. The van der Waals surface area contributed by atoms with E-state index in [1.54, 1.807) is 0 Å². The van der Waals surface area contributed by atoms with Crippen molar-refractivity contribution in [2.24, 2.45) is 0 Å². The highest BCUT2D eigenvalue weighted by molar-refractivity contribution is 7.26. The topological polar surface area (TPSA) is 31.0 Å². The molecular formula is C37H22N2OS. The molecule has 0 bridgehead atoms. The lowest BCUT2D eigenvalue weighted by atomic mass is 9.99. The third-order valence-electron chi connectivity index (χ3n) is 8.06. The Morgan fingerprint density at radius 2 is 1.17 bits per heavy atom. The molecule has 0 fully saturated rings. The molecule has 0 spiro atoms. The van der Waals surface area contributed by atoms with E-state index in [0.717, 1.165) is 16.7 Å². The molecule has 0 aliphatic carbocycles. The van der Waals surface area contributed by atoms with Gasteiger partial charge in [-0.15, -0.1) is 11.3 Å². The van der Waals surface area contributed by atoms with Crippen LogP contribution in [0.15, 0.2) is 138 Å². The quantitative estimate of drug-likeness (QED) is 0.222. The van der Waals surface area contributed by atoms with Crippen molar-refractivity contribution in [3.05, 3.63) is 133 Å². The number of rotatable bonds is 3. The van der Waals surface area contributed by atoms with Crippen LogP contribution in [0.25, 0.3) is 81.3 Å². The third kappa shape index (κ3) is 3.35. The van der Waals surface area contributed by atoms with Gasteiger partial charge in [-0.05, 0) is 54.1 Å². The van der Waals surface area contributed by atoms with E-state index in [0.29, 0.717) is 5.89 Å². The summed E-state index contributed by atoms with van der Waals surface area (Å²) in [5, 5.41) is 5.10. The fraction of sp³-hybridized carbons (Fsp3) is 0. The Bertz CT molecular complexity index is 2340. The predicted molar refractivity (Wildman–Crippen MR) is 172 cm³/mol. The van der Waals surface area contributed by atoms with Gasteiger partial charge in [0.1, 0.15) is 5.52 Å². The third-order valence-corrected chi connectivity index (χ3v) is 9.26. The van der Waals surface area contributed by atoms with Crippen LogP contribution in [0.3, 0.4) is 0 Å². The number of fused-ring (bicyclic) bond motifs is 7. The van der Waals surface area contributed by atoms with Gasteiger partial charge in [-0.1, -0.05) is 84.9 Å². The standard InChI is InChI=1S/C37H22N2OS/c1-5-13-30-25(9-1)26-10-2-6-14-31(26)39(30)32-22-21-28-27-11-3-8-16-34(27)41-36(28)35(32)23-17-19-24(20-18-23)37-38-29-12-4-7-15-33(29)40-37/h1-22H. The van der Waals surface area contributed by atoms with Crippen LogP contribution in [0.1, 0.15) is 0 Å². The van der Waals surface area contributed by atoms with Gasteiger partial charge in [0, 0.05) is 42.1 Å². The van der Waals surface area contributed by atoms with E-state index in [1.165, 1.54) is 58.8 Å². The predicted octanol–water partition coefficient (Wildman–Crippen LogP) is 10.6. The van der Waals surface area contributed by atoms with Gasteiger partial charge in [-0.3, -0.25) is 0 Å². The average molecular weight is 543 g/mol. The molecule has 0 unspecified atom stereocenters. The Hall–Kier alpha value is -5.19. The van der Waals surface area contributed by atoms with Crippen molar-refractivity contribution in [1.82, 2.24) is 9.55 Å².